The second kappa shape index (κ2) is 10.5. The van der Waals surface area contributed by atoms with Gasteiger partial charge >= 0.3 is 11.9 Å². The van der Waals surface area contributed by atoms with E-state index >= 15 is 0 Å². The molecule has 30 heavy (non-hydrogen) atoms. The van der Waals surface area contributed by atoms with Crippen molar-refractivity contribution in [3.63, 3.8) is 0 Å². The molecule has 0 saturated heterocycles. The van der Waals surface area contributed by atoms with Gasteiger partial charge in [0.15, 0.2) is 6.61 Å². The molecule has 0 bridgehead atoms. The van der Waals surface area contributed by atoms with Crippen LogP contribution in [-0.2, 0) is 20.7 Å². The Bertz CT molecular complexity index is 908. The first-order chi connectivity index (χ1) is 14.3. The van der Waals surface area contributed by atoms with E-state index in [9.17, 15) is 14.4 Å². The summed E-state index contributed by atoms with van der Waals surface area (Å²) in [5, 5.41) is 0. The highest BCUT2D eigenvalue weighted by Crippen LogP contribution is 2.23. The SMILES string of the molecule is CCOC(=O)c1c(C)[nH]c(C(=O)COC(=O)CCc2cc(OC)cc(OC)c2)c1C. The van der Waals surface area contributed by atoms with Crippen LogP contribution < -0.4 is 9.47 Å². The third kappa shape index (κ3) is 5.62. The number of carbonyl (C=O) groups excluding carboxylic acids is 3. The molecule has 0 amide bonds. The third-order valence-corrected chi connectivity index (χ3v) is 4.59. The minimum Gasteiger partial charge on any atom is -0.497 e. The Morgan fingerprint density at radius 2 is 1.60 bits per heavy atom. The van der Waals surface area contributed by atoms with Gasteiger partial charge in [-0.25, -0.2) is 4.79 Å². The van der Waals surface area contributed by atoms with Crippen molar-refractivity contribution in [2.24, 2.45) is 0 Å². The molecule has 0 atom stereocenters. The Morgan fingerprint density at radius 3 is 2.17 bits per heavy atom. The monoisotopic (exact) mass is 417 g/mol. The Labute approximate surface area is 175 Å². The van der Waals surface area contributed by atoms with Gasteiger partial charge in [0.2, 0.25) is 5.78 Å². The van der Waals surface area contributed by atoms with Gasteiger partial charge in [-0.15, -0.1) is 0 Å². The van der Waals surface area contributed by atoms with E-state index in [4.69, 9.17) is 18.9 Å². The van der Waals surface area contributed by atoms with Crippen molar-refractivity contribution in [3.05, 3.63) is 46.3 Å². The third-order valence-electron chi connectivity index (χ3n) is 4.59. The first-order valence-electron chi connectivity index (χ1n) is 9.57. The van der Waals surface area contributed by atoms with Crippen molar-refractivity contribution >= 4 is 17.7 Å². The van der Waals surface area contributed by atoms with Gasteiger partial charge in [0, 0.05) is 18.2 Å². The molecule has 1 heterocycles. The second-order valence-corrected chi connectivity index (χ2v) is 6.65. The molecule has 0 fully saturated rings. The highest BCUT2D eigenvalue weighted by molar-refractivity contribution is 6.02. The summed E-state index contributed by atoms with van der Waals surface area (Å²) >= 11 is 0. The van der Waals surface area contributed by atoms with Crippen LogP contribution in [0.1, 0.15) is 51.0 Å². The molecule has 162 valence electrons. The number of ether oxygens (including phenoxy) is 4. The Balaban J connectivity index is 1.95. The molecule has 0 spiro atoms. The molecule has 0 saturated carbocycles. The molecule has 1 aromatic carbocycles. The van der Waals surface area contributed by atoms with E-state index in [1.165, 1.54) is 0 Å². The summed E-state index contributed by atoms with van der Waals surface area (Å²) in [5.74, 6) is -0.154. The van der Waals surface area contributed by atoms with Crippen molar-refractivity contribution in [1.82, 2.24) is 4.98 Å². The van der Waals surface area contributed by atoms with Crippen LogP contribution in [0.25, 0.3) is 0 Å². The van der Waals surface area contributed by atoms with E-state index in [-0.39, 0.29) is 18.7 Å². The molecule has 2 aromatic rings. The van der Waals surface area contributed by atoms with Gasteiger partial charge in [0.1, 0.15) is 11.5 Å². The zero-order chi connectivity index (χ0) is 22.3. The Morgan fingerprint density at radius 1 is 0.967 bits per heavy atom. The largest absolute Gasteiger partial charge is 0.497 e. The van der Waals surface area contributed by atoms with Crippen molar-refractivity contribution in [1.29, 1.82) is 0 Å². The molecule has 2 rings (SSSR count). The summed E-state index contributed by atoms with van der Waals surface area (Å²) in [6.07, 6.45) is 0.509. The number of hydrogen-bond acceptors (Lipinski definition) is 7. The maximum atomic E-state index is 12.5. The number of aromatic nitrogens is 1. The summed E-state index contributed by atoms with van der Waals surface area (Å²) in [6.45, 7) is 4.88. The first kappa shape index (κ1) is 23.0. The zero-order valence-electron chi connectivity index (χ0n) is 17.9. The fraction of sp³-hybridized carbons (Fsp3) is 0.409. The van der Waals surface area contributed by atoms with Crippen LogP contribution in [0.15, 0.2) is 18.2 Å². The number of aromatic amines is 1. The maximum absolute atomic E-state index is 12.5. The second-order valence-electron chi connectivity index (χ2n) is 6.65. The Kier molecular flexibility index (Phi) is 8.03. The van der Waals surface area contributed by atoms with Crippen LogP contribution in [0.2, 0.25) is 0 Å². The van der Waals surface area contributed by atoms with Gasteiger partial charge in [0.25, 0.3) is 0 Å². The number of H-pyrrole nitrogens is 1. The van der Waals surface area contributed by atoms with Crippen molar-refractivity contribution in [2.45, 2.75) is 33.6 Å². The molecule has 0 aliphatic heterocycles. The minimum atomic E-state index is -0.503. The van der Waals surface area contributed by atoms with Crippen molar-refractivity contribution in [3.8, 4) is 11.5 Å². The fourth-order valence-corrected chi connectivity index (χ4v) is 3.09. The number of esters is 2. The zero-order valence-corrected chi connectivity index (χ0v) is 17.9. The molecule has 1 N–H and O–H groups in total. The summed E-state index contributed by atoms with van der Waals surface area (Å²) < 4.78 is 20.6. The average molecular weight is 417 g/mol. The van der Waals surface area contributed by atoms with Gasteiger partial charge in [0.05, 0.1) is 32.1 Å². The maximum Gasteiger partial charge on any atom is 0.340 e. The number of benzene rings is 1. The lowest BCUT2D eigenvalue weighted by molar-refractivity contribution is -0.142. The van der Waals surface area contributed by atoms with Crippen LogP contribution in [-0.4, -0.2) is 50.1 Å². The number of ketones is 1. The van der Waals surface area contributed by atoms with Crippen LogP contribution in [0.4, 0.5) is 0 Å². The Hall–Kier alpha value is -3.29. The van der Waals surface area contributed by atoms with E-state index in [2.05, 4.69) is 4.98 Å². The normalized spacial score (nSPS) is 10.4. The average Bonchev–Trinajstić information content (AvgIpc) is 3.04. The highest BCUT2D eigenvalue weighted by Gasteiger charge is 2.23. The number of carbonyl (C=O) groups is 3. The van der Waals surface area contributed by atoms with Crippen LogP contribution >= 0.6 is 0 Å². The quantitative estimate of drug-likeness (QED) is 0.468. The number of hydrogen-bond donors (Lipinski definition) is 1. The number of aryl methyl sites for hydroxylation is 2. The molecule has 1 aromatic heterocycles. The summed E-state index contributed by atoms with van der Waals surface area (Å²) in [6, 6.07) is 5.36. The number of rotatable bonds is 10. The molecule has 0 aliphatic carbocycles. The van der Waals surface area contributed by atoms with E-state index in [1.807, 2.05) is 12.1 Å². The first-order valence-corrected chi connectivity index (χ1v) is 9.57. The number of nitrogens with one attached hydrogen (secondary N) is 1. The van der Waals surface area contributed by atoms with Crippen LogP contribution in [0.5, 0.6) is 11.5 Å². The molecule has 0 aliphatic rings. The van der Waals surface area contributed by atoms with E-state index in [0.717, 1.165) is 5.56 Å². The standard InChI is InChI=1S/C22H27NO7/c1-6-29-22(26)20-13(2)21(23-14(20)3)18(24)12-30-19(25)8-7-15-9-16(27-4)11-17(10-15)28-5/h9-11,23H,6-8,12H2,1-5H3. The lowest BCUT2D eigenvalue weighted by atomic mass is 10.1. The van der Waals surface area contributed by atoms with Gasteiger partial charge < -0.3 is 23.9 Å². The lowest BCUT2D eigenvalue weighted by Crippen LogP contribution is -2.16. The van der Waals surface area contributed by atoms with Gasteiger partial charge in [-0.2, -0.15) is 0 Å². The van der Waals surface area contributed by atoms with E-state index in [1.54, 1.807) is 41.1 Å². The number of Topliss-reactive ketones (excluding diaryl/α,β-unsaturated/α-hetero) is 1. The van der Waals surface area contributed by atoms with Crippen molar-refractivity contribution in [2.75, 3.05) is 27.4 Å². The van der Waals surface area contributed by atoms with Gasteiger partial charge in [-0.1, -0.05) is 0 Å². The van der Waals surface area contributed by atoms with Crippen molar-refractivity contribution < 1.29 is 33.3 Å². The fourth-order valence-electron chi connectivity index (χ4n) is 3.09. The van der Waals surface area contributed by atoms with Gasteiger partial charge in [-0.3, -0.25) is 9.59 Å². The molecule has 0 unspecified atom stereocenters. The smallest absolute Gasteiger partial charge is 0.340 e. The predicted molar refractivity (Wildman–Crippen MR) is 109 cm³/mol. The molecular weight excluding hydrogens is 390 g/mol. The van der Waals surface area contributed by atoms with Crippen LogP contribution in [0.3, 0.4) is 0 Å². The van der Waals surface area contributed by atoms with E-state index < -0.39 is 24.3 Å². The molecule has 0 radical (unpaired) electrons. The predicted octanol–water partition coefficient (Wildman–Crippen LogP) is 3.18. The summed E-state index contributed by atoms with van der Waals surface area (Å²) in [7, 11) is 3.10. The molecular formula is C22H27NO7. The lowest BCUT2D eigenvalue weighted by Gasteiger charge is -2.08. The minimum absolute atomic E-state index is 0.0976. The van der Waals surface area contributed by atoms with Crippen LogP contribution in [0, 0.1) is 13.8 Å². The molecule has 8 nitrogen and oxygen atoms in total. The number of methoxy groups -OCH3 is 2. The van der Waals surface area contributed by atoms with E-state index in [0.29, 0.717) is 34.7 Å². The summed E-state index contributed by atoms with van der Waals surface area (Å²) in [5.41, 5.74) is 2.44. The highest BCUT2D eigenvalue weighted by atomic mass is 16.5. The molecule has 8 heteroatoms. The van der Waals surface area contributed by atoms with Gasteiger partial charge in [-0.05, 0) is 50.5 Å². The topological polar surface area (TPSA) is 104 Å². The summed E-state index contributed by atoms with van der Waals surface area (Å²) in [4.78, 5) is 39.5.